The van der Waals surface area contributed by atoms with Gasteiger partial charge in [-0.2, -0.15) is 0 Å². The van der Waals surface area contributed by atoms with Crippen molar-refractivity contribution in [1.29, 1.82) is 0 Å². The third-order valence-corrected chi connectivity index (χ3v) is 0.616. The van der Waals surface area contributed by atoms with Crippen LogP contribution < -0.4 is 0 Å². The van der Waals surface area contributed by atoms with Crippen molar-refractivity contribution in [3.63, 3.8) is 0 Å². The number of hydrogen-bond acceptors (Lipinski definition) is 0. The van der Waals surface area contributed by atoms with Gasteiger partial charge in [-0.25, -0.2) is 0 Å². The minimum Gasteiger partial charge on any atom is -0.0932 e. The van der Waals surface area contributed by atoms with Crippen molar-refractivity contribution in [3.05, 3.63) is 16.5 Å². The number of rotatable bonds is 1. The molecule has 0 aliphatic carbocycles. The molecule has 0 aliphatic rings. The number of hydrogen-bond donors (Lipinski definition) is 0. The van der Waals surface area contributed by atoms with Crippen molar-refractivity contribution in [1.82, 2.24) is 0 Å². The third-order valence-electron chi connectivity index (χ3n) is 0.398. The monoisotopic (exact) mass is 167 g/mol. The van der Waals surface area contributed by atoms with Gasteiger partial charge in [-0.3, -0.25) is 0 Å². The zero-order chi connectivity index (χ0) is 5.86. The Hall–Kier alpha value is 0.852. The minimum absolute atomic E-state index is 0. The molecule has 0 atom stereocenters. The average Bonchev–Trinajstić information content (AvgIpc) is 1.27. The second kappa shape index (κ2) is 5.98. The lowest BCUT2D eigenvalue weighted by atomic mass is 10.3. The van der Waals surface area contributed by atoms with Crippen LogP contribution >= 0.6 is 23.2 Å². The summed E-state index contributed by atoms with van der Waals surface area (Å²) in [6.07, 6.45) is 1.70. The molecule has 0 aromatic heterocycles. The van der Waals surface area contributed by atoms with Crippen molar-refractivity contribution in [2.75, 3.05) is 0 Å². The van der Waals surface area contributed by atoms with Crippen LogP contribution in [0.2, 0.25) is 0 Å². The lowest BCUT2D eigenvalue weighted by Crippen LogP contribution is -1.66. The zero-order valence-electron chi connectivity index (χ0n) is 4.33. The highest BCUT2D eigenvalue weighted by molar-refractivity contribution is 6.54. The van der Waals surface area contributed by atoms with E-state index in [0.717, 1.165) is 5.57 Å². The molecule has 0 fully saturated rings. The summed E-state index contributed by atoms with van der Waals surface area (Å²) in [5.41, 5.74) is 1.11. The van der Waals surface area contributed by atoms with Crippen LogP contribution in [0.3, 0.4) is 0 Å². The van der Waals surface area contributed by atoms with Crippen molar-refractivity contribution in [2.45, 2.75) is 13.8 Å². The van der Waals surface area contributed by atoms with Crippen LogP contribution in [0.5, 0.6) is 0 Å². The molecule has 0 saturated carbocycles. The summed E-state index contributed by atoms with van der Waals surface area (Å²) in [5.74, 6) is 0. The maximum atomic E-state index is 5.28. The average molecular weight is 168 g/mol. The first-order valence-electron chi connectivity index (χ1n) is 1.96. The summed E-state index contributed by atoms with van der Waals surface area (Å²) in [6.45, 7) is 3.87. The molecule has 0 amide bonds. The van der Waals surface area contributed by atoms with Crippen LogP contribution in [-0.4, -0.2) is 17.4 Å². The molecule has 0 nitrogen and oxygen atoms in total. The Balaban J connectivity index is 0. The molecule has 0 unspecified atom stereocenters. The maximum Gasteiger partial charge on any atom is 0.187 e. The van der Waals surface area contributed by atoms with Gasteiger partial charge in [0.25, 0.3) is 0 Å². The van der Waals surface area contributed by atoms with Crippen LogP contribution in [0.15, 0.2) is 11.6 Å². The molecule has 0 aliphatic heterocycles. The first kappa shape index (κ1) is 11.6. The zero-order valence-corrected chi connectivity index (χ0v) is 5.85. The predicted octanol–water partition coefficient (Wildman–Crippen LogP) is 1.74. The van der Waals surface area contributed by atoms with E-state index >= 15 is 0 Å². The normalized spacial score (nSPS) is 8.12. The van der Waals surface area contributed by atoms with Gasteiger partial charge in [0.15, 0.2) is 22.2 Å². The number of halogens is 2. The van der Waals surface area contributed by atoms with E-state index in [1.807, 2.05) is 13.8 Å². The first-order chi connectivity index (χ1) is 3.13. The highest BCUT2D eigenvalue weighted by atomic mass is 35.5. The fourth-order valence-corrected chi connectivity index (χ4v) is 0.655. The van der Waals surface area contributed by atoms with E-state index in [-0.39, 0.29) is 17.4 Å². The Morgan fingerprint density at radius 2 is 1.62 bits per heavy atom. The van der Waals surface area contributed by atoms with Crippen LogP contribution in [0, 0.1) is 4.84 Å². The summed E-state index contributed by atoms with van der Waals surface area (Å²) in [5, 5.41) is 0. The quantitative estimate of drug-likeness (QED) is 0.523. The smallest absolute Gasteiger partial charge is 0.0932 e. The van der Waals surface area contributed by atoms with E-state index in [1.54, 1.807) is 6.08 Å². The van der Waals surface area contributed by atoms with Crippen molar-refractivity contribution in [3.8, 4) is 0 Å². The highest BCUT2D eigenvalue weighted by Crippen LogP contribution is 2.14. The maximum absolute atomic E-state index is 5.28. The summed E-state index contributed by atoms with van der Waals surface area (Å²) < 4.78 is 0. The number of allylic oxidation sites excluding steroid dienone is 2. The van der Waals surface area contributed by atoms with Gasteiger partial charge in [0, 0.05) is 0 Å². The lowest BCUT2D eigenvalue weighted by molar-refractivity contribution is 1.38. The SMILES string of the molecule is CC(C)=C[C](Cl)Cl.[AlH3]. The Morgan fingerprint density at radius 3 is 1.62 bits per heavy atom. The van der Waals surface area contributed by atoms with Gasteiger partial charge in [-0.1, -0.05) is 28.8 Å². The van der Waals surface area contributed by atoms with Gasteiger partial charge >= 0.3 is 0 Å². The first-order valence-corrected chi connectivity index (χ1v) is 2.71. The summed E-state index contributed by atoms with van der Waals surface area (Å²) in [4.78, 5) is 0.319. The minimum atomic E-state index is 0. The fourth-order valence-electron chi connectivity index (χ4n) is 0.218. The van der Waals surface area contributed by atoms with Gasteiger partial charge in [-0.15, -0.1) is 0 Å². The van der Waals surface area contributed by atoms with Gasteiger partial charge < -0.3 is 0 Å². The molecule has 0 heterocycles. The molecule has 0 aromatic rings. The van der Waals surface area contributed by atoms with Gasteiger partial charge in [0.1, 0.15) is 0 Å². The van der Waals surface area contributed by atoms with Crippen molar-refractivity contribution >= 4 is 40.6 Å². The van der Waals surface area contributed by atoms with E-state index in [4.69, 9.17) is 23.2 Å². The molecule has 1 radical (unpaired) electrons. The van der Waals surface area contributed by atoms with Crippen LogP contribution in [0.1, 0.15) is 13.8 Å². The highest BCUT2D eigenvalue weighted by Gasteiger charge is 1.89. The molecular weight excluding hydrogens is 158 g/mol. The molecular formula is C5H10AlCl2. The Labute approximate surface area is 71.0 Å². The van der Waals surface area contributed by atoms with Crippen molar-refractivity contribution in [2.24, 2.45) is 0 Å². The van der Waals surface area contributed by atoms with E-state index in [9.17, 15) is 0 Å². The third kappa shape index (κ3) is 9.97. The molecule has 8 heavy (non-hydrogen) atoms. The van der Waals surface area contributed by atoms with Gasteiger partial charge in [0.05, 0.1) is 0 Å². The van der Waals surface area contributed by atoms with Crippen LogP contribution in [-0.2, 0) is 0 Å². The Kier molecular flexibility index (Phi) is 8.69. The Bertz CT molecular complexity index is 74.5. The van der Waals surface area contributed by atoms with Crippen LogP contribution in [0.4, 0.5) is 0 Å². The lowest BCUT2D eigenvalue weighted by Gasteiger charge is -1.87. The standard InChI is InChI=1S/C5H7Cl2.Al.3H/c1-4(2)3-5(6)7;;;;/h3H,1-2H3;;;;. The fraction of sp³-hybridized carbons (Fsp3) is 0.400. The van der Waals surface area contributed by atoms with E-state index in [1.165, 1.54) is 0 Å². The Morgan fingerprint density at radius 1 is 1.25 bits per heavy atom. The second-order valence-electron chi connectivity index (χ2n) is 1.51. The van der Waals surface area contributed by atoms with Crippen molar-refractivity contribution < 1.29 is 0 Å². The van der Waals surface area contributed by atoms with Gasteiger partial charge in [-0.05, 0) is 19.9 Å². The van der Waals surface area contributed by atoms with E-state index in [2.05, 4.69) is 0 Å². The summed E-state index contributed by atoms with van der Waals surface area (Å²) >= 11 is 10.6. The molecule has 0 spiro atoms. The van der Waals surface area contributed by atoms with Crippen LogP contribution in [0.25, 0.3) is 0 Å². The summed E-state index contributed by atoms with van der Waals surface area (Å²) in [7, 11) is 0. The molecule has 0 bridgehead atoms. The predicted molar refractivity (Wildman–Crippen MR) is 44.3 cm³/mol. The molecule has 47 valence electrons. The largest absolute Gasteiger partial charge is 0.187 e. The molecule has 0 saturated heterocycles. The molecule has 0 rings (SSSR count). The summed E-state index contributed by atoms with van der Waals surface area (Å²) in [6, 6.07) is 0. The van der Waals surface area contributed by atoms with E-state index < -0.39 is 0 Å². The van der Waals surface area contributed by atoms with Gasteiger partial charge in [0.2, 0.25) is 0 Å². The second-order valence-corrected chi connectivity index (χ2v) is 2.52. The molecule has 0 N–H and O–H groups in total. The molecule has 3 heteroatoms. The topological polar surface area (TPSA) is 0 Å². The van der Waals surface area contributed by atoms with E-state index in [0.29, 0.717) is 4.84 Å². The molecule has 0 aromatic carbocycles.